The number of amides is 1. The lowest BCUT2D eigenvalue weighted by atomic mass is 9.74. The maximum Gasteiger partial charge on any atom is 0.251 e. The van der Waals surface area contributed by atoms with Crippen molar-refractivity contribution in [3.05, 3.63) is 111 Å². The fourth-order valence-electron chi connectivity index (χ4n) is 5.15. The monoisotopic (exact) mass is 546 g/mol. The van der Waals surface area contributed by atoms with E-state index in [1.54, 1.807) is 0 Å². The fraction of sp³-hybridized carbons (Fsp3) is 0.281. The number of pyridine rings is 1. The van der Waals surface area contributed by atoms with Gasteiger partial charge in [-0.1, -0.05) is 60.8 Å². The van der Waals surface area contributed by atoms with E-state index in [1.165, 1.54) is 6.92 Å². The molecule has 0 radical (unpaired) electrons. The van der Waals surface area contributed by atoms with Gasteiger partial charge in [0.1, 0.15) is 5.78 Å². The molecule has 0 fully saturated rings. The number of hydrogen-bond acceptors (Lipinski definition) is 3. The summed E-state index contributed by atoms with van der Waals surface area (Å²) in [4.78, 5) is 28.5. The van der Waals surface area contributed by atoms with Crippen molar-refractivity contribution >= 4 is 45.8 Å². The molecule has 1 amide bonds. The number of ketones is 1. The number of nitrogens with one attached hydrogen (secondary N) is 1. The van der Waals surface area contributed by atoms with E-state index < -0.39 is 0 Å². The number of carbonyl (C=O) groups is 2. The summed E-state index contributed by atoms with van der Waals surface area (Å²) >= 11 is 12.8. The van der Waals surface area contributed by atoms with Gasteiger partial charge in [0.05, 0.1) is 5.52 Å². The molecular weight excluding hydrogens is 515 g/mol. The third-order valence-electron chi connectivity index (χ3n) is 6.96. The summed E-state index contributed by atoms with van der Waals surface area (Å²) in [6.07, 6.45) is 4.14. The zero-order valence-corrected chi connectivity index (χ0v) is 23.4. The Bertz CT molecular complexity index is 1430. The number of fused-ring (bicyclic) bond motifs is 1. The quantitative estimate of drug-likeness (QED) is 0.217. The molecule has 0 aliphatic rings. The minimum absolute atomic E-state index is 0.0193. The van der Waals surface area contributed by atoms with Crippen LogP contribution in [0.25, 0.3) is 10.9 Å². The van der Waals surface area contributed by atoms with E-state index in [-0.39, 0.29) is 23.5 Å². The van der Waals surface area contributed by atoms with E-state index in [9.17, 15) is 9.59 Å². The van der Waals surface area contributed by atoms with Crippen molar-refractivity contribution in [1.29, 1.82) is 0 Å². The smallest absolute Gasteiger partial charge is 0.251 e. The third kappa shape index (κ3) is 6.43. The molecule has 6 heteroatoms. The average Bonchev–Trinajstić information content (AvgIpc) is 2.89. The molecule has 0 bridgehead atoms. The Balaban J connectivity index is 1.79. The van der Waals surface area contributed by atoms with Crippen LogP contribution in [0.4, 0.5) is 0 Å². The van der Waals surface area contributed by atoms with Crippen molar-refractivity contribution in [2.45, 2.75) is 51.9 Å². The molecule has 196 valence electrons. The second kappa shape index (κ2) is 12.6. The van der Waals surface area contributed by atoms with E-state index in [2.05, 4.69) is 35.4 Å². The molecule has 4 rings (SSSR count). The van der Waals surface area contributed by atoms with Crippen molar-refractivity contribution in [2.75, 3.05) is 6.54 Å². The van der Waals surface area contributed by atoms with Crippen LogP contribution in [0.2, 0.25) is 10.0 Å². The predicted octanol–water partition coefficient (Wildman–Crippen LogP) is 8.27. The highest BCUT2D eigenvalue weighted by Crippen LogP contribution is 2.44. The van der Waals surface area contributed by atoms with Crippen molar-refractivity contribution in [3.8, 4) is 0 Å². The lowest BCUT2D eigenvalue weighted by Crippen LogP contribution is -2.25. The van der Waals surface area contributed by atoms with Gasteiger partial charge < -0.3 is 5.32 Å². The van der Waals surface area contributed by atoms with Gasteiger partial charge in [0.15, 0.2) is 0 Å². The summed E-state index contributed by atoms with van der Waals surface area (Å²) in [5, 5.41) is 5.24. The molecule has 3 aromatic carbocycles. The number of halogens is 2. The van der Waals surface area contributed by atoms with Gasteiger partial charge in [-0.2, -0.15) is 0 Å². The number of hydrogen-bond donors (Lipinski definition) is 1. The van der Waals surface area contributed by atoms with Crippen LogP contribution in [0.15, 0.2) is 72.9 Å². The van der Waals surface area contributed by atoms with Gasteiger partial charge in [0.25, 0.3) is 5.91 Å². The van der Waals surface area contributed by atoms with Gasteiger partial charge in [-0.15, -0.1) is 0 Å². The van der Waals surface area contributed by atoms with Crippen LogP contribution in [-0.2, 0) is 4.79 Å². The molecule has 1 N–H and O–H groups in total. The summed E-state index contributed by atoms with van der Waals surface area (Å²) in [6.45, 7) is 6.08. The SMILES string of the molecule is CCCC(c1ccc(C(=O)NCCC(C)=O)cc1)C(c1ccc(Cl)cc1)c1ccnc2c(C)cc(Cl)cc12. The number of rotatable bonds is 10. The van der Waals surface area contributed by atoms with Gasteiger partial charge in [0, 0.05) is 46.1 Å². The Morgan fingerprint density at radius 3 is 2.26 bits per heavy atom. The lowest BCUT2D eigenvalue weighted by Gasteiger charge is -2.30. The Morgan fingerprint density at radius 1 is 0.921 bits per heavy atom. The van der Waals surface area contributed by atoms with Crippen molar-refractivity contribution in [1.82, 2.24) is 10.3 Å². The lowest BCUT2D eigenvalue weighted by molar-refractivity contribution is -0.116. The summed E-state index contributed by atoms with van der Waals surface area (Å²) in [7, 11) is 0. The molecule has 2 unspecified atom stereocenters. The molecule has 0 aliphatic heterocycles. The molecule has 1 aromatic heterocycles. The van der Waals surface area contributed by atoms with Crippen LogP contribution < -0.4 is 5.32 Å². The van der Waals surface area contributed by atoms with Gasteiger partial charge in [-0.25, -0.2) is 0 Å². The number of Topliss-reactive ketones (excluding diaryl/α,β-unsaturated/α-hetero) is 1. The number of benzene rings is 3. The zero-order chi connectivity index (χ0) is 27.2. The highest BCUT2D eigenvalue weighted by molar-refractivity contribution is 6.31. The average molecular weight is 548 g/mol. The predicted molar refractivity (Wildman–Crippen MR) is 157 cm³/mol. The zero-order valence-electron chi connectivity index (χ0n) is 21.9. The van der Waals surface area contributed by atoms with Crippen LogP contribution in [-0.4, -0.2) is 23.2 Å². The molecule has 0 saturated heterocycles. The van der Waals surface area contributed by atoms with Crippen molar-refractivity contribution in [2.24, 2.45) is 0 Å². The van der Waals surface area contributed by atoms with E-state index in [0.717, 1.165) is 46.0 Å². The second-order valence-electron chi connectivity index (χ2n) is 9.77. The van der Waals surface area contributed by atoms with Crippen molar-refractivity contribution < 1.29 is 9.59 Å². The molecule has 0 saturated carbocycles. The van der Waals surface area contributed by atoms with Crippen LogP contribution >= 0.6 is 23.2 Å². The minimum atomic E-state index is -0.177. The second-order valence-corrected chi connectivity index (χ2v) is 10.6. The van der Waals surface area contributed by atoms with E-state index in [4.69, 9.17) is 23.2 Å². The van der Waals surface area contributed by atoms with Gasteiger partial charge in [0.2, 0.25) is 0 Å². The molecule has 4 aromatic rings. The van der Waals surface area contributed by atoms with Gasteiger partial charge in [-0.3, -0.25) is 14.6 Å². The standard InChI is InChI=1S/C32H32Cl2N2O2/c1-4-5-27(22-6-8-24(9-7-22)32(38)36-16-14-21(3)37)30(23-10-12-25(33)13-11-23)28-15-17-35-31-20(2)18-26(34)19-29(28)31/h6-13,15,17-19,27,30H,4-5,14,16H2,1-3H3,(H,36,38). The van der Waals surface area contributed by atoms with Crippen molar-refractivity contribution in [3.63, 3.8) is 0 Å². The Labute approximate surface area is 234 Å². The number of carbonyl (C=O) groups excluding carboxylic acids is 2. The van der Waals surface area contributed by atoms with E-state index in [1.807, 2.05) is 61.7 Å². The topological polar surface area (TPSA) is 59.1 Å². The fourth-order valence-corrected chi connectivity index (χ4v) is 5.55. The van der Waals surface area contributed by atoms with Crippen LogP contribution in [0.3, 0.4) is 0 Å². The Hall–Kier alpha value is -3.21. The number of aromatic nitrogens is 1. The molecule has 38 heavy (non-hydrogen) atoms. The molecule has 1 heterocycles. The number of nitrogens with zero attached hydrogens (tertiary/aromatic N) is 1. The first-order chi connectivity index (χ1) is 18.3. The normalized spacial score (nSPS) is 12.8. The minimum Gasteiger partial charge on any atom is -0.352 e. The first-order valence-corrected chi connectivity index (χ1v) is 13.7. The van der Waals surface area contributed by atoms with E-state index in [0.29, 0.717) is 28.6 Å². The van der Waals surface area contributed by atoms with Crippen LogP contribution in [0.1, 0.15) is 77.6 Å². The van der Waals surface area contributed by atoms with E-state index >= 15 is 0 Å². The van der Waals surface area contributed by atoms with Gasteiger partial charge in [-0.05, 0) is 90.9 Å². The Kier molecular flexibility index (Phi) is 9.19. The maximum atomic E-state index is 12.6. The summed E-state index contributed by atoms with van der Waals surface area (Å²) in [5.41, 5.74) is 6.02. The van der Waals surface area contributed by atoms with Gasteiger partial charge >= 0.3 is 0 Å². The molecular formula is C32H32Cl2N2O2. The molecule has 2 atom stereocenters. The molecule has 0 spiro atoms. The third-order valence-corrected chi connectivity index (χ3v) is 7.43. The largest absolute Gasteiger partial charge is 0.352 e. The molecule has 0 aliphatic carbocycles. The summed E-state index contributed by atoms with van der Waals surface area (Å²) < 4.78 is 0. The maximum absolute atomic E-state index is 12.6. The summed E-state index contributed by atoms with van der Waals surface area (Å²) in [5.74, 6) is 0.0347. The first-order valence-electron chi connectivity index (χ1n) is 13.0. The van der Waals surface area contributed by atoms with Crippen LogP contribution in [0, 0.1) is 6.92 Å². The first kappa shape index (κ1) is 27.8. The highest BCUT2D eigenvalue weighted by Gasteiger charge is 2.28. The summed E-state index contributed by atoms with van der Waals surface area (Å²) in [6, 6.07) is 21.9. The van der Waals surface area contributed by atoms with Crippen LogP contribution in [0.5, 0.6) is 0 Å². The Morgan fingerprint density at radius 2 is 1.61 bits per heavy atom. The number of aryl methyl sites for hydroxylation is 1. The highest BCUT2D eigenvalue weighted by atomic mass is 35.5. The molecule has 4 nitrogen and oxygen atoms in total.